The second-order valence-electron chi connectivity index (χ2n) is 5.00. The van der Waals surface area contributed by atoms with E-state index in [1.54, 1.807) is 0 Å². The molecule has 2 atom stereocenters. The number of likely N-dealkylation sites (N-methyl/N-ethyl adjacent to an activating group) is 1. The van der Waals surface area contributed by atoms with Gasteiger partial charge in [0.05, 0.1) is 12.1 Å². The maximum Gasteiger partial charge on any atom is 0.0626 e. The number of hydrogen-bond acceptors (Lipinski definition) is 3. The summed E-state index contributed by atoms with van der Waals surface area (Å²) < 4.78 is 0. The van der Waals surface area contributed by atoms with Gasteiger partial charge in [0.1, 0.15) is 0 Å². The molecule has 3 heteroatoms. The number of aliphatic hydroxyl groups is 1. The largest absolute Gasteiger partial charge is 0.394 e. The predicted octanol–water partition coefficient (Wildman–Crippen LogP) is 1.40. The van der Waals surface area contributed by atoms with Crippen LogP contribution in [-0.2, 0) is 0 Å². The minimum atomic E-state index is -0.108. The summed E-state index contributed by atoms with van der Waals surface area (Å²) in [6, 6.07) is 11.0. The van der Waals surface area contributed by atoms with Gasteiger partial charge in [-0.2, -0.15) is 0 Å². The fourth-order valence-electron chi connectivity index (χ4n) is 2.59. The second-order valence-corrected chi connectivity index (χ2v) is 5.00. The van der Waals surface area contributed by atoms with Crippen LogP contribution in [-0.4, -0.2) is 42.3 Å². The average Bonchev–Trinajstić information content (AvgIpc) is 2.84. The molecule has 1 heterocycles. The van der Waals surface area contributed by atoms with Crippen LogP contribution < -0.4 is 5.32 Å². The maximum atomic E-state index is 9.50. The van der Waals surface area contributed by atoms with E-state index < -0.39 is 0 Å². The topological polar surface area (TPSA) is 35.5 Å². The van der Waals surface area contributed by atoms with Crippen molar-refractivity contribution in [3.05, 3.63) is 35.9 Å². The lowest BCUT2D eigenvalue weighted by atomic mass is 10.0. The molecule has 3 nitrogen and oxygen atoms in total. The van der Waals surface area contributed by atoms with E-state index in [1.165, 1.54) is 5.56 Å². The first-order valence-electron chi connectivity index (χ1n) is 6.29. The average molecular weight is 234 g/mol. The van der Waals surface area contributed by atoms with Crippen LogP contribution in [0.15, 0.2) is 30.3 Å². The van der Waals surface area contributed by atoms with Crippen molar-refractivity contribution in [1.29, 1.82) is 0 Å². The van der Waals surface area contributed by atoms with Crippen LogP contribution in [0.25, 0.3) is 0 Å². The number of nitrogens with one attached hydrogen (secondary N) is 1. The summed E-state index contributed by atoms with van der Waals surface area (Å²) in [5, 5.41) is 12.8. The quantitative estimate of drug-likeness (QED) is 0.826. The van der Waals surface area contributed by atoms with Gasteiger partial charge in [0.25, 0.3) is 0 Å². The van der Waals surface area contributed by atoms with Crippen LogP contribution in [0.1, 0.15) is 24.9 Å². The normalized spacial score (nSPS) is 27.2. The van der Waals surface area contributed by atoms with E-state index in [2.05, 4.69) is 41.4 Å². The first kappa shape index (κ1) is 12.6. The number of likely N-dealkylation sites (tertiary alicyclic amines) is 1. The van der Waals surface area contributed by atoms with Crippen molar-refractivity contribution in [1.82, 2.24) is 10.2 Å². The van der Waals surface area contributed by atoms with Gasteiger partial charge in [0.15, 0.2) is 0 Å². The van der Waals surface area contributed by atoms with Crippen molar-refractivity contribution < 1.29 is 5.11 Å². The summed E-state index contributed by atoms with van der Waals surface area (Å²) in [5.74, 6) is 0. The SMILES string of the molecule is CNC1(CO)CCN(C(C)c2ccccc2)C1. The lowest BCUT2D eigenvalue weighted by molar-refractivity contribution is 0.158. The second kappa shape index (κ2) is 5.17. The number of aliphatic hydroxyl groups excluding tert-OH is 1. The Labute approximate surface area is 103 Å². The number of nitrogens with zero attached hydrogens (tertiary/aromatic N) is 1. The Bertz CT molecular complexity index is 348. The fourth-order valence-corrected chi connectivity index (χ4v) is 2.59. The Morgan fingerprint density at radius 3 is 2.65 bits per heavy atom. The molecule has 17 heavy (non-hydrogen) atoms. The Morgan fingerprint density at radius 1 is 1.41 bits per heavy atom. The lowest BCUT2D eigenvalue weighted by Gasteiger charge is -2.29. The first-order chi connectivity index (χ1) is 8.21. The first-order valence-corrected chi connectivity index (χ1v) is 6.29. The lowest BCUT2D eigenvalue weighted by Crippen LogP contribution is -2.48. The molecule has 1 aliphatic rings. The molecule has 0 amide bonds. The van der Waals surface area contributed by atoms with Crippen molar-refractivity contribution in [3.8, 4) is 0 Å². The van der Waals surface area contributed by atoms with Crippen LogP contribution in [0, 0.1) is 0 Å². The van der Waals surface area contributed by atoms with Gasteiger partial charge >= 0.3 is 0 Å². The van der Waals surface area contributed by atoms with E-state index in [4.69, 9.17) is 0 Å². The Balaban J connectivity index is 2.06. The van der Waals surface area contributed by atoms with Gasteiger partial charge in [-0.25, -0.2) is 0 Å². The van der Waals surface area contributed by atoms with E-state index in [0.29, 0.717) is 6.04 Å². The predicted molar refractivity (Wildman–Crippen MR) is 69.9 cm³/mol. The molecular weight excluding hydrogens is 212 g/mol. The highest BCUT2D eigenvalue weighted by Gasteiger charge is 2.37. The van der Waals surface area contributed by atoms with E-state index in [9.17, 15) is 5.11 Å². The minimum Gasteiger partial charge on any atom is -0.394 e. The summed E-state index contributed by atoms with van der Waals surface area (Å²) in [7, 11) is 1.94. The highest BCUT2D eigenvalue weighted by Crippen LogP contribution is 2.29. The molecule has 1 saturated heterocycles. The molecule has 0 aliphatic carbocycles. The Kier molecular flexibility index (Phi) is 3.82. The molecule has 1 aromatic rings. The molecule has 1 fully saturated rings. The molecule has 2 unspecified atom stereocenters. The number of rotatable bonds is 4. The van der Waals surface area contributed by atoms with Crippen molar-refractivity contribution >= 4 is 0 Å². The summed E-state index contributed by atoms with van der Waals surface area (Å²) in [4.78, 5) is 2.43. The number of hydrogen-bond donors (Lipinski definition) is 2. The highest BCUT2D eigenvalue weighted by molar-refractivity contribution is 5.19. The van der Waals surface area contributed by atoms with E-state index in [-0.39, 0.29) is 12.1 Å². The molecule has 2 rings (SSSR count). The Morgan fingerprint density at radius 2 is 2.12 bits per heavy atom. The Hall–Kier alpha value is -0.900. The third kappa shape index (κ3) is 2.51. The van der Waals surface area contributed by atoms with E-state index in [0.717, 1.165) is 19.5 Å². The summed E-state index contributed by atoms with van der Waals surface area (Å²) in [5.41, 5.74) is 1.24. The zero-order valence-electron chi connectivity index (χ0n) is 10.7. The highest BCUT2D eigenvalue weighted by atomic mass is 16.3. The molecular formula is C14H22N2O. The van der Waals surface area contributed by atoms with Gasteiger partial charge in [-0.15, -0.1) is 0 Å². The molecule has 94 valence electrons. The van der Waals surface area contributed by atoms with Crippen LogP contribution in [0.5, 0.6) is 0 Å². The number of benzene rings is 1. The van der Waals surface area contributed by atoms with Crippen LogP contribution >= 0.6 is 0 Å². The van der Waals surface area contributed by atoms with Gasteiger partial charge < -0.3 is 10.4 Å². The van der Waals surface area contributed by atoms with E-state index >= 15 is 0 Å². The van der Waals surface area contributed by atoms with E-state index in [1.807, 2.05) is 13.1 Å². The van der Waals surface area contributed by atoms with Gasteiger partial charge in [0.2, 0.25) is 0 Å². The molecule has 2 N–H and O–H groups in total. The van der Waals surface area contributed by atoms with Crippen molar-refractivity contribution in [2.24, 2.45) is 0 Å². The molecule has 0 aromatic heterocycles. The van der Waals surface area contributed by atoms with Crippen LogP contribution in [0.4, 0.5) is 0 Å². The third-order valence-electron chi connectivity index (χ3n) is 4.05. The zero-order valence-corrected chi connectivity index (χ0v) is 10.7. The molecule has 1 aliphatic heterocycles. The zero-order chi connectivity index (χ0) is 12.3. The maximum absolute atomic E-state index is 9.50. The van der Waals surface area contributed by atoms with Crippen LogP contribution in [0.3, 0.4) is 0 Å². The smallest absolute Gasteiger partial charge is 0.0626 e. The monoisotopic (exact) mass is 234 g/mol. The van der Waals surface area contributed by atoms with Crippen LogP contribution in [0.2, 0.25) is 0 Å². The summed E-state index contributed by atoms with van der Waals surface area (Å²) in [6.45, 7) is 4.40. The van der Waals surface area contributed by atoms with Crippen molar-refractivity contribution in [2.45, 2.75) is 24.9 Å². The van der Waals surface area contributed by atoms with Gasteiger partial charge in [-0.05, 0) is 26.0 Å². The van der Waals surface area contributed by atoms with Gasteiger partial charge in [-0.3, -0.25) is 4.90 Å². The summed E-state index contributed by atoms with van der Waals surface area (Å²) >= 11 is 0. The van der Waals surface area contributed by atoms with Crippen molar-refractivity contribution in [2.75, 3.05) is 26.7 Å². The molecule has 0 radical (unpaired) electrons. The molecule has 1 aromatic carbocycles. The molecule has 0 spiro atoms. The minimum absolute atomic E-state index is 0.108. The molecule has 0 bridgehead atoms. The van der Waals surface area contributed by atoms with Gasteiger partial charge in [0, 0.05) is 19.1 Å². The fraction of sp³-hybridized carbons (Fsp3) is 0.571. The standard InChI is InChI=1S/C14H22N2O/c1-12(13-6-4-3-5-7-13)16-9-8-14(10-16,11-17)15-2/h3-7,12,15,17H,8-11H2,1-2H3. The third-order valence-corrected chi connectivity index (χ3v) is 4.05. The van der Waals surface area contributed by atoms with Crippen molar-refractivity contribution in [3.63, 3.8) is 0 Å². The summed E-state index contributed by atoms with van der Waals surface area (Å²) in [6.07, 6.45) is 1.01. The van der Waals surface area contributed by atoms with Gasteiger partial charge in [-0.1, -0.05) is 30.3 Å². The molecule has 0 saturated carbocycles.